The molecule has 0 atom stereocenters. The fraction of sp³-hybridized carbons (Fsp3) is 0.895. The van der Waals surface area contributed by atoms with Crippen molar-refractivity contribution in [1.29, 1.82) is 0 Å². The van der Waals surface area contributed by atoms with Crippen molar-refractivity contribution in [1.82, 2.24) is 0 Å². The van der Waals surface area contributed by atoms with E-state index in [0.717, 1.165) is 51.4 Å². The topological polar surface area (TPSA) is 154 Å². The van der Waals surface area contributed by atoms with Gasteiger partial charge in [-0.2, -0.15) is 0 Å². The highest BCUT2D eigenvalue weighted by molar-refractivity contribution is 5.74. The summed E-state index contributed by atoms with van der Waals surface area (Å²) in [4.78, 5) is 21.5. The van der Waals surface area contributed by atoms with Gasteiger partial charge in [-0.05, 0) is 44.9 Å². The molecule has 0 bridgehead atoms. The van der Waals surface area contributed by atoms with Gasteiger partial charge in [-0.3, -0.25) is 4.79 Å². The minimum atomic E-state index is -1.35. The molecule has 0 saturated carbocycles. The zero-order valence-corrected chi connectivity index (χ0v) is 17.0. The average molecular weight is 411 g/mol. The molecule has 0 fully saturated rings. The van der Waals surface area contributed by atoms with Crippen molar-refractivity contribution in [3.8, 4) is 0 Å². The quantitative estimate of drug-likeness (QED) is 0.189. The van der Waals surface area contributed by atoms with E-state index in [4.69, 9.17) is 35.0 Å². The Bertz CT molecular complexity index is 344. The normalized spacial score (nSPS) is 10.8. The maximum atomic E-state index is 11.1. The van der Waals surface area contributed by atoms with Crippen molar-refractivity contribution in [3.63, 3.8) is 0 Å². The average Bonchev–Trinajstić information content (AvgIpc) is 2.69. The Hall–Kier alpha value is -1.42. The van der Waals surface area contributed by atoms with Crippen molar-refractivity contribution >= 4 is 12.1 Å². The number of aliphatic carboxylic acids is 1. The van der Waals surface area contributed by atoms with E-state index in [9.17, 15) is 9.59 Å². The Balaban J connectivity index is 0. The van der Waals surface area contributed by atoms with Crippen LogP contribution in [0.25, 0.3) is 0 Å². The van der Waals surface area contributed by atoms with Crippen molar-refractivity contribution in [3.05, 3.63) is 0 Å². The Morgan fingerprint density at radius 3 is 1.36 bits per heavy atom. The Kier molecular flexibility index (Phi) is 20.9. The molecule has 0 spiro atoms. The summed E-state index contributed by atoms with van der Waals surface area (Å²) in [6, 6.07) is 0. The molecule has 0 aliphatic rings. The molecule has 0 saturated heterocycles. The lowest BCUT2D eigenvalue weighted by atomic mass is 9.87. The summed E-state index contributed by atoms with van der Waals surface area (Å²) < 4.78 is 9.77. The summed E-state index contributed by atoms with van der Waals surface area (Å²) >= 11 is 0. The van der Waals surface area contributed by atoms with Gasteiger partial charge in [-0.15, -0.1) is 0 Å². The molecule has 0 aliphatic heterocycles. The van der Waals surface area contributed by atoms with Gasteiger partial charge >= 0.3 is 12.1 Å². The van der Waals surface area contributed by atoms with E-state index in [1.165, 1.54) is 0 Å². The summed E-state index contributed by atoms with van der Waals surface area (Å²) in [5.74, 6) is -1.15. The van der Waals surface area contributed by atoms with Crippen LogP contribution in [0, 0.1) is 5.41 Å². The first-order valence-corrected chi connectivity index (χ1v) is 9.90. The molecular formula is C19H38O9. The second-order valence-corrected chi connectivity index (χ2v) is 6.48. The van der Waals surface area contributed by atoms with Crippen LogP contribution in [-0.2, 0) is 14.3 Å². The monoisotopic (exact) mass is 410 g/mol. The molecule has 5 N–H and O–H groups in total. The fourth-order valence-corrected chi connectivity index (χ4v) is 2.05. The first-order chi connectivity index (χ1) is 13.4. The standard InChI is InChI=1S/C13H26O5.C6H12O4/c14-9-5-1-3-7-11-17-13(16)18-12-8-4-2-6-10-15;1-2-6(3-7,4-8)5(9)10/h14-15H,1-12H2;7-8H,2-4H2,1H3,(H,9,10). The van der Waals surface area contributed by atoms with Crippen LogP contribution in [0.15, 0.2) is 0 Å². The number of carboxylic acid groups (broad SMARTS) is 1. The number of carbonyl (C=O) groups excluding carboxylic acids is 1. The lowest BCUT2D eigenvalue weighted by Gasteiger charge is -2.21. The highest BCUT2D eigenvalue weighted by atomic mass is 16.7. The van der Waals surface area contributed by atoms with Gasteiger partial charge in [0, 0.05) is 13.2 Å². The van der Waals surface area contributed by atoms with E-state index >= 15 is 0 Å². The van der Waals surface area contributed by atoms with E-state index < -0.39 is 30.8 Å². The SMILES string of the molecule is CCC(CO)(CO)C(=O)O.O=C(OCCCCCCO)OCCCCCCO. The molecule has 0 rings (SSSR count). The van der Waals surface area contributed by atoms with E-state index in [2.05, 4.69) is 0 Å². The van der Waals surface area contributed by atoms with E-state index in [0.29, 0.717) is 13.2 Å². The van der Waals surface area contributed by atoms with Crippen LogP contribution in [0.1, 0.15) is 64.7 Å². The molecule has 9 heteroatoms. The minimum Gasteiger partial charge on any atom is -0.481 e. The number of hydrogen-bond donors (Lipinski definition) is 5. The number of aliphatic hydroxyl groups is 4. The summed E-state index contributed by atoms with van der Waals surface area (Å²) in [5.41, 5.74) is -1.35. The number of carbonyl (C=O) groups is 2. The van der Waals surface area contributed by atoms with Crippen molar-refractivity contribution in [2.75, 3.05) is 39.6 Å². The summed E-state index contributed by atoms with van der Waals surface area (Å²) in [6.45, 7) is 1.78. The van der Waals surface area contributed by atoms with Crippen molar-refractivity contribution in [2.24, 2.45) is 5.41 Å². The Labute approximate surface area is 167 Å². The number of unbranched alkanes of at least 4 members (excludes halogenated alkanes) is 6. The minimum absolute atomic E-state index is 0.221. The molecule has 28 heavy (non-hydrogen) atoms. The van der Waals surface area contributed by atoms with Gasteiger partial charge in [0.25, 0.3) is 0 Å². The second-order valence-electron chi connectivity index (χ2n) is 6.48. The Morgan fingerprint density at radius 2 is 1.11 bits per heavy atom. The fourth-order valence-electron chi connectivity index (χ4n) is 2.05. The molecule has 0 aromatic rings. The Morgan fingerprint density at radius 1 is 0.714 bits per heavy atom. The van der Waals surface area contributed by atoms with Crippen molar-refractivity contribution in [2.45, 2.75) is 64.7 Å². The maximum Gasteiger partial charge on any atom is 0.508 e. The predicted molar refractivity (Wildman–Crippen MR) is 103 cm³/mol. The first-order valence-electron chi connectivity index (χ1n) is 9.90. The molecule has 0 amide bonds. The zero-order chi connectivity index (χ0) is 21.7. The molecular weight excluding hydrogens is 372 g/mol. The zero-order valence-electron chi connectivity index (χ0n) is 17.0. The lowest BCUT2D eigenvalue weighted by molar-refractivity contribution is -0.154. The molecule has 0 heterocycles. The van der Waals surface area contributed by atoms with Gasteiger partial charge in [-0.25, -0.2) is 4.79 Å². The number of hydrogen-bond acceptors (Lipinski definition) is 8. The van der Waals surface area contributed by atoms with Crippen LogP contribution in [0.3, 0.4) is 0 Å². The predicted octanol–water partition coefficient (Wildman–Crippen LogP) is 1.70. The smallest absolute Gasteiger partial charge is 0.481 e. The summed E-state index contributed by atoms with van der Waals surface area (Å²) in [7, 11) is 0. The molecule has 168 valence electrons. The summed E-state index contributed by atoms with van der Waals surface area (Å²) in [6.07, 6.45) is 6.69. The van der Waals surface area contributed by atoms with E-state index in [1.54, 1.807) is 6.92 Å². The largest absolute Gasteiger partial charge is 0.508 e. The van der Waals surface area contributed by atoms with Gasteiger partial charge in [0.1, 0.15) is 5.41 Å². The van der Waals surface area contributed by atoms with Gasteiger partial charge in [0.15, 0.2) is 0 Å². The highest BCUT2D eigenvalue weighted by Crippen LogP contribution is 2.19. The number of carboxylic acids is 1. The summed E-state index contributed by atoms with van der Waals surface area (Å²) in [5, 5.41) is 42.8. The second kappa shape index (κ2) is 20.3. The number of aliphatic hydroxyl groups excluding tert-OH is 4. The molecule has 0 aliphatic carbocycles. The molecule has 9 nitrogen and oxygen atoms in total. The third-order valence-electron chi connectivity index (χ3n) is 4.28. The number of ether oxygens (including phenoxy) is 2. The van der Waals surface area contributed by atoms with Crippen LogP contribution in [0.4, 0.5) is 4.79 Å². The van der Waals surface area contributed by atoms with Crippen LogP contribution in [0.2, 0.25) is 0 Å². The molecule has 0 radical (unpaired) electrons. The van der Waals surface area contributed by atoms with Crippen LogP contribution >= 0.6 is 0 Å². The number of rotatable bonds is 16. The van der Waals surface area contributed by atoms with Crippen molar-refractivity contribution < 1.29 is 44.6 Å². The van der Waals surface area contributed by atoms with Crippen LogP contribution in [0.5, 0.6) is 0 Å². The van der Waals surface area contributed by atoms with E-state index in [-0.39, 0.29) is 19.6 Å². The highest BCUT2D eigenvalue weighted by Gasteiger charge is 2.35. The van der Waals surface area contributed by atoms with Gasteiger partial charge in [-0.1, -0.05) is 19.8 Å². The van der Waals surface area contributed by atoms with Gasteiger partial charge < -0.3 is 35.0 Å². The van der Waals surface area contributed by atoms with Crippen LogP contribution in [-0.4, -0.2) is 77.3 Å². The van der Waals surface area contributed by atoms with Crippen LogP contribution < -0.4 is 0 Å². The maximum absolute atomic E-state index is 11.1. The third kappa shape index (κ3) is 15.6. The lowest BCUT2D eigenvalue weighted by Crippen LogP contribution is -2.37. The first kappa shape index (κ1) is 28.8. The van der Waals surface area contributed by atoms with Gasteiger partial charge in [0.05, 0.1) is 26.4 Å². The molecule has 0 unspecified atom stereocenters. The van der Waals surface area contributed by atoms with Gasteiger partial charge in [0.2, 0.25) is 0 Å². The van der Waals surface area contributed by atoms with E-state index in [1.807, 2.05) is 0 Å². The molecule has 0 aromatic heterocycles. The third-order valence-corrected chi connectivity index (χ3v) is 4.28. The molecule has 0 aromatic carbocycles.